The Hall–Kier alpha value is -2.20. The average molecular weight is 368 g/mol. The number of amides is 1. The lowest BCUT2D eigenvalue weighted by Gasteiger charge is -2.32. The standard InChI is InChI=1S/C23H29FN2O/c1-18(20-5-3-2-4-6-20)11-14-26-15-12-19(13-16-26)17-23(27)25-22-9-7-21(24)8-10-22/h2-10,18-19H,11-17H2,1H3,(H,25,27)/t18-/m1/s1. The smallest absolute Gasteiger partial charge is 0.224 e. The molecule has 1 aliphatic rings. The molecule has 1 amide bonds. The normalized spacial score (nSPS) is 16.8. The summed E-state index contributed by atoms with van der Waals surface area (Å²) in [4.78, 5) is 14.7. The number of halogens is 1. The van der Waals surface area contributed by atoms with Gasteiger partial charge in [0.05, 0.1) is 0 Å². The Morgan fingerprint density at radius 2 is 1.78 bits per heavy atom. The molecule has 3 nitrogen and oxygen atoms in total. The van der Waals surface area contributed by atoms with Crippen molar-refractivity contribution in [1.82, 2.24) is 4.90 Å². The van der Waals surface area contributed by atoms with Crippen LogP contribution >= 0.6 is 0 Å². The first-order chi connectivity index (χ1) is 13.1. The van der Waals surface area contributed by atoms with E-state index >= 15 is 0 Å². The van der Waals surface area contributed by atoms with Crippen LogP contribution < -0.4 is 5.32 Å². The van der Waals surface area contributed by atoms with Gasteiger partial charge in [-0.2, -0.15) is 0 Å². The van der Waals surface area contributed by atoms with Gasteiger partial charge in [0.1, 0.15) is 5.82 Å². The third kappa shape index (κ3) is 6.17. The molecule has 2 aromatic rings. The van der Waals surface area contributed by atoms with Gasteiger partial charge in [-0.15, -0.1) is 0 Å². The third-order valence-electron chi connectivity index (χ3n) is 5.56. The van der Waals surface area contributed by atoms with Crippen LogP contribution in [-0.4, -0.2) is 30.4 Å². The SMILES string of the molecule is C[C@H](CCN1CCC(CC(=O)Nc2ccc(F)cc2)CC1)c1ccccc1. The molecule has 1 atom stereocenters. The lowest BCUT2D eigenvalue weighted by atomic mass is 9.92. The van der Waals surface area contributed by atoms with Gasteiger partial charge in [0.15, 0.2) is 0 Å². The van der Waals surface area contributed by atoms with Crippen molar-refractivity contribution in [1.29, 1.82) is 0 Å². The molecule has 0 aromatic heterocycles. The minimum Gasteiger partial charge on any atom is -0.326 e. The third-order valence-corrected chi connectivity index (χ3v) is 5.56. The highest BCUT2D eigenvalue weighted by atomic mass is 19.1. The van der Waals surface area contributed by atoms with E-state index in [2.05, 4.69) is 47.5 Å². The lowest BCUT2D eigenvalue weighted by molar-refractivity contribution is -0.117. The molecule has 1 aliphatic heterocycles. The molecule has 3 rings (SSSR count). The fourth-order valence-electron chi connectivity index (χ4n) is 3.75. The van der Waals surface area contributed by atoms with Crippen molar-refractivity contribution in [2.24, 2.45) is 5.92 Å². The molecule has 144 valence electrons. The number of carbonyl (C=O) groups excluding carboxylic acids is 1. The Kier molecular flexibility index (Phi) is 6.99. The molecule has 1 N–H and O–H groups in total. The van der Waals surface area contributed by atoms with Crippen molar-refractivity contribution >= 4 is 11.6 Å². The average Bonchev–Trinajstić information content (AvgIpc) is 2.69. The molecule has 1 heterocycles. The quantitative estimate of drug-likeness (QED) is 0.741. The van der Waals surface area contributed by atoms with Gasteiger partial charge in [0.25, 0.3) is 0 Å². The minimum atomic E-state index is -0.290. The number of likely N-dealkylation sites (tertiary alicyclic amines) is 1. The van der Waals surface area contributed by atoms with Crippen molar-refractivity contribution < 1.29 is 9.18 Å². The van der Waals surface area contributed by atoms with E-state index in [1.807, 2.05) is 0 Å². The maximum atomic E-state index is 12.9. The Morgan fingerprint density at radius 1 is 1.11 bits per heavy atom. The highest BCUT2D eigenvalue weighted by Gasteiger charge is 2.22. The summed E-state index contributed by atoms with van der Waals surface area (Å²) in [5.41, 5.74) is 2.07. The van der Waals surface area contributed by atoms with Crippen molar-refractivity contribution in [2.45, 2.75) is 38.5 Å². The molecule has 4 heteroatoms. The first-order valence-electron chi connectivity index (χ1n) is 9.93. The van der Waals surface area contributed by atoms with E-state index in [0.29, 0.717) is 23.9 Å². The number of anilines is 1. The molecule has 0 aliphatic carbocycles. The van der Waals surface area contributed by atoms with E-state index in [1.54, 1.807) is 12.1 Å². The van der Waals surface area contributed by atoms with Crippen LogP contribution in [0, 0.1) is 11.7 Å². The maximum Gasteiger partial charge on any atom is 0.224 e. The van der Waals surface area contributed by atoms with Crippen LogP contribution in [0.5, 0.6) is 0 Å². The molecular weight excluding hydrogens is 339 g/mol. The van der Waals surface area contributed by atoms with Crippen molar-refractivity contribution in [2.75, 3.05) is 25.0 Å². The number of carbonyl (C=O) groups is 1. The lowest BCUT2D eigenvalue weighted by Crippen LogP contribution is -2.35. The van der Waals surface area contributed by atoms with Crippen LogP contribution in [0.4, 0.5) is 10.1 Å². The summed E-state index contributed by atoms with van der Waals surface area (Å²) in [5.74, 6) is 0.748. The monoisotopic (exact) mass is 368 g/mol. The first-order valence-corrected chi connectivity index (χ1v) is 9.93. The van der Waals surface area contributed by atoms with Crippen LogP contribution in [0.25, 0.3) is 0 Å². The number of rotatable bonds is 7. The van der Waals surface area contributed by atoms with Crippen LogP contribution in [0.15, 0.2) is 54.6 Å². The predicted octanol–water partition coefficient (Wildman–Crippen LogP) is 5.06. The summed E-state index contributed by atoms with van der Waals surface area (Å²) in [6.45, 7) is 5.54. The Morgan fingerprint density at radius 3 is 2.44 bits per heavy atom. The fourth-order valence-corrected chi connectivity index (χ4v) is 3.75. The second kappa shape index (κ2) is 9.65. The van der Waals surface area contributed by atoms with Gasteiger partial charge in [-0.3, -0.25) is 4.79 Å². The molecule has 2 aromatic carbocycles. The van der Waals surface area contributed by atoms with Gasteiger partial charge in [0, 0.05) is 12.1 Å². The fraction of sp³-hybridized carbons (Fsp3) is 0.435. The van der Waals surface area contributed by atoms with Gasteiger partial charge in [-0.1, -0.05) is 37.3 Å². The van der Waals surface area contributed by atoms with E-state index in [-0.39, 0.29) is 11.7 Å². The number of benzene rings is 2. The zero-order chi connectivity index (χ0) is 19.1. The van der Waals surface area contributed by atoms with Gasteiger partial charge >= 0.3 is 0 Å². The van der Waals surface area contributed by atoms with Crippen LogP contribution in [0.2, 0.25) is 0 Å². The Bertz CT molecular complexity index is 709. The number of piperidine rings is 1. The number of hydrogen-bond acceptors (Lipinski definition) is 2. The van der Waals surface area contributed by atoms with Crippen LogP contribution in [0.1, 0.15) is 44.1 Å². The summed E-state index contributed by atoms with van der Waals surface area (Å²) in [6, 6.07) is 16.6. The highest BCUT2D eigenvalue weighted by molar-refractivity contribution is 5.90. The second-order valence-corrected chi connectivity index (χ2v) is 7.64. The number of hydrogen-bond donors (Lipinski definition) is 1. The maximum absolute atomic E-state index is 12.9. The summed E-state index contributed by atoms with van der Waals surface area (Å²) in [6.07, 6.45) is 3.85. The first kappa shape index (κ1) is 19.6. The topological polar surface area (TPSA) is 32.3 Å². The largest absolute Gasteiger partial charge is 0.326 e. The molecule has 27 heavy (non-hydrogen) atoms. The van der Waals surface area contributed by atoms with Crippen LogP contribution in [-0.2, 0) is 4.79 Å². The van der Waals surface area contributed by atoms with E-state index in [4.69, 9.17) is 0 Å². The molecular formula is C23H29FN2O. The summed E-state index contributed by atoms with van der Waals surface area (Å²) < 4.78 is 12.9. The van der Waals surface area contributed by atoms with Crippen molar-refractivity contribution in [3.8, 4) is 0 Å². The van der Waals surface area contributed by atoms with Crippen molar-refractivity contribution in [3.63, 3.8) is 0 Å². The molecule has 0 bridgehead atoms. The molecule has 0 unspecified atom stereocenters. The van der Waals surface area contributed by atoms with Gasteiger partial charge < -0.3 is 10.2 Å². The predicted molar refractivity (Wildman–Crippen MR) is 108 cm³/mol. The van der Waals surface area contributed by atoms with Crippen LogP contribution in [0.3, 0.4) is 0 Å². The van der Waals surface area contributed by atoms with E-state index in [9.17, 15) is 9.18 Å². The number of nitrogens with zero attached hydrogens (tertiary/aromatic N) is 1. The Labute approximate surface area is 161 Å². The zero-order valence-electron chi connectivity index (χ0n) is 16.0. The van der Waals surface area contributed by atoms with Gasteiger partial charge in [-0.25, -0.2) is 4.39 Å². The Balaban J connectivity index is 1.36. The van der Waals surface area contributed by atoms with E-state index < -0.39 is 0 Å². The minimum absolute atomic E-state index is 0.0257. The molecule has 1 fully saturated rings. The summed E-state index contributed by atoms with van der Waals surface area (Å²) >= 11 is 0. The number of nitrogens with one attached hydrogen (secondary N) is 1. The second-order valence-electron chi connectivity index (χ2n) is 7.64. The molecule has 1 saturated heterocycles. The van der Waals surface area contributed by atoms with Gasteiger partial charge in [-0.05, 0) is 80.6 Å². The summed E-state index contributed by atoms with van der Waals surface area (Å²) in [5, 5.41) is 2.87. The molecule has 0 spiro atoms. The molecule has 0 radical (unpaired) electrons. The molecule has 0 saturated carbocycles. The van der Waals surface area contributed by atoms with E-state index in [0.717, 1.165) is 32.5 Å². The van der Waals surface area contributed by atoms with E-state index in [1.165, 1.54) is 24.1 Å². The highest BCUT2D eigenvalue weighted by Crippen LogP contribution is 2.24. The summed E-state index contributed by atoms with van der Waals surface area (Å²) in [7, 11) is 0. The van der Waals surface area contributed by atoms with Gasteiger partial charge in [0.2, 0.25) is 5.91 Å². The zero-order valence-corrected chi connectivity index (χ0v) is 16.0. The van der Waals surface area contributed by atoms with Crippen molar-refractivity contribution in [3.05, 3.63) is 66.0 Å².